The van der Waals surface area contributed by atoms with Gasteiger partial charge in [-0.25, -0.2) is 0 Å². The number of hydrogen-bond acceptors (Lipinski definition) is 4. The first-order valence-electron chi connectivity index (χ1n) is 7.97. The Kier molecular flexibility index (Phi) is 6.40. The number of benzene rings is 1. The highest BCUT2D eigenvalue weighted by Gasteiger charge is 2.23. The number of hydrogen-bond donors (Lipinski definition) is 1. The molecule has 0 spiro atoms. The molecule has 1 saturated heterocycles. The second-order valence-corrected chi connectivity index (χ2v) is 5.64. The van der Waals surface area contributed by atoms with E-state index in [-0.39, 0.29) is 11.8 Å². The minimum absolute atomic E-state index is 0.0978. The summed E-state index contributed by atoms with van der Waals surface area (Å²) in [5.41, 5.74) is 0.946. The lowest BCUT2D eigenvalue weighted by atomic mass is 10.1. The molecule has 0 atom stereocenters. The van der Waals surface area contributed by atoms with Gasteiger partial charge in [0.05, 0.1) is 13.5 Å². The van der Waals surface area contributed by atoms with Crippen LogP contribution in [0.1, 0.15) is 12.0 Å². The molecule has 23 heavy (non-hydrogen) atoms. The van der Waals surface area contributed by atoms with Crippen molar-refractivity contribution in [3.8, 4) is 5.75 Å². The number of nitrogens with one attached hydrogen (secondary N) is 1. The molecule has 0 saturated carbocycles. The Balaban J connectivity index is 1.82. The zero-order valence-corrected chi connectivity index (χ0v) is 13.9. The monoisotopic (exact) mass is 319 g/mol. The molecule has 0 unspecified atom stereocenters. The molecule has 6 heteroatoms. The summed E-state index contributed by atoms with van der Waals surface area (Å²) in [5, 5.41) is 2.98. The lowest BCUT2D eigenvalue weighted by Gasteiger charge is -2.35. The van der Waals surface area contributed by atoms with Crippen LogP contribution >= 0.6 is 0 Å². The van der Waals surface area contributed by atoms with Crippen LogP contribution < -0.4 is 10.1 Å². The second kappa shape index (κ2) is 8.53. The van der Waals surface area contributed by atoms with Crippen LogP contribution in [0.4, 0.5) is 0 Å². The van der Waals surface area contributed by atoms with Gasteiger partial charge in [-0.05, 0) is 24.7 Å². The molecule has 1 aliphatic rings. The van der Waals surface area contributed by atoms with Crippen LogP contribution in [0, 0.1) is 0 Å². The maximum Gasteiger partial charge on any atom is 0.227 e. The molecule has 1 aliphatic heterocycles. The summed E-state index contributed by atoms with van der Waals surface area (Å²) in [6.45, 7) is 3.13. The van der Waals surface area contributed by atoms with Gasteiger partial charge in [0.25, 0.3) is 0 Å². The number of carbonyl (C=O) groups excluding carboxylic acids is 2. The largest absolute Gasteiger partial charge is 0.497 e. The van der Waals surface area contributed by atoms with E-state index in [9.17, 15) is 9.59 Å². The van der Waals surface area contributed by atoms with Gasteiger partial charge < -0.3 is 19.9 Å². The standard InChI is InChI=1S/C17H25N3O3/c1-18-7-6-16(21)19-8-10-20(11-9-19)17(22)13-14-4-3-5-15(12-14)23-2/h3-5,12,18H,6-11,13H2,1-2H3. The van der Waals surface area contributed by atoms with Crippen LogP contribution in [0.15, 0.2) is 24.3 Å². The normalized spacial score (nSPS) is 14.7. The quantitative estimate of drug-likeness (QED) is 0.830. The lowest BCUT2D eigenvalue weighted by Crippen LogP contribution is -2.51. The minimum atomic E-state index is 0.0978. The van der Waals surface area contributed by atoms with E-state index in [4.69, 9.17) is 4.74 Å². The van der Waals surface area contributed by atoms with Crippen molar-refractivity contribution in [3.05, 3.63) is 29.8 Å². The van der Waals surface area contributed by atoms with E-state index in [0.29, 0.717) is 45.6 Å². The van der Waals surface area contributed by atoms with Gasteiger partial charge in [0, 0.05) is 39.1 Å². The van der Waals surface area contributed by atoms with E-state index in [1.54, 1.807) is 7.11 Å². The average molecular weight is 319 g/mol. The lowest BCUT2D eigenvalue weighted by molar-refractivity contribution is -0.139. The molecule has 1 heterocycles. The van der Waals surface area contributed by atoms with Gasteiger partial charge in [-0.2, -0.15) is 0 Å². The molecule has 2 amide bonds. The smallest absolute Gasteiger partial charge is 0.227 e. The van der Waals surface area contributed by atoms with Crippen molar-refractivity contribution in [3.63, 3.8) is 0 Å². The third-order valence-electron chi connectivity index (χ3n) is 4.06. The Morgan fingerprint density at radius 1 is 1.13 bits per heavy atom. The summed E-state index contributed by atoms with van der Waals surface area (Å²) in [5.74, 6) is 1.01. The first kappa shape index (κ1) is 17.3. The van der Waals surface area contributed by atoms with Crippen molar-refractivity contribution in [2.24, 2.45) is 0 Å². The van der Waals surface area contributed by atoms with Gasteiger partial charge in [0.1, 0.15) is 5.75 Å². The minimum Gasteiger partial charge on any atom is -0.497 e. The van der Waals surface area contributed by atoms with Crippen molar-refractivity contribution < 1.29 is 14.3 Å². The van der Waals surface area contributed by atoms with Crippen molar-refractivity contribution in [2.45, 2.75) is 12.8 Å². The Morgan fingerprint density at radius 3 is 2.39 bits per heavy atom. The molecule has 1 N–H and O–H groups in total. The van der Waals surface area contributed by atoms with E-state index in [0.717, 1.165) is 11.3 Å². The molecule has 0 radical (unpaired) electrons. The van der Waals surface area contributed by atoms with Gasteiger partial charge in [0.15, 0.2) is 0 Å². The van der Waals surface area contributed by atoms with Crippen LogP contribution in [-0.4, -0.2) is 68.5 Å². The molecule has 0 aromatic heterocycles. The summed E-state index contributed by atoms with van der Waals surface area (Å²) in [7, 11) is 3.45. The van der Waals surface area contributed by atoms with Gasteiger partial charge in [0.2, 0.25) is 11.8 Å². The third-order valence-corrected chi connectivity index (χ3v) is 4.06. The van der Waals surface area contributed by atoms with E-state index < -0.39 is 0 Å². The van der Waals surface area contributed by atoms with Crippen molar-refractivity contribution >= 4 is 11.8 Å². The van der Waals surface area contributed by atoms with Gasteiger partial charge in [-0.1, -0.05) is 12.1 Å². The number of ether oxygens (including phenoxy) is 1. The fourth-order valence-electron chi connectivity index (χ4n) is 2.66. The zero-order valence-electron chi connectivity index (χ0n) is 13.9. The maximum absolute atomic E-state index is 12.4. The molecule has 126 valence electrons. The second-order valence-electron chi connectivity index (χ2n) is 5.64. The van der Waals surface area contributed by atoms with Crippen LogP contribution in [-0.2, 0) is 16.0 Å². The zero-order chi connectivity index (χ0) is 16.7. The van der Waals surface area contributed by atoms with Crippen LogP contribution in [0.25, 0.3) is 0 Å². The number of piperazine rings is 1. The van der Waals surface area contributed by atoms with Gasteiger partial charge >= 0.3 is 0 Å². The van der Waals surface area contributed by atoms with Crippen LogP contribution in [0.5, 0.6) is 5.75 Å². The summed E-state index contributed by atoms with van der Waals surface area (Å²) in [4.78, 5) is 28.0. The van der Waals surface area contributed by atoms with E-state index in [1.165, 1.54) is 0 Å². The van der Waals surface area contributed by atoms with Gasteiger partial charge in [-0.3, -0.25) is 9.59 Å². The van der Waals surface area contributed by atoms with Crippen molar-refractivity contribution in [1.29, 1.82) is 0 Å². The SMILES string of the molecule is CNCCC(=O)N1CCN(C(=O)Cc2cccc(OC)c2)CC1. The molecular weight excluding hydrogens is 294 g/mol. The number of carbonyl (C=O) groups is 2. The molecular formula is C17H25N3O3. The van der Waals surface area contributed by atoms with Crippen molar-refractivity contribution in [2.75, 3.05) is 46.9 Å². The average Bonchev–Trinajstić information content (AvgIpc) is 2.60. The van der Waals surface area contributed by atoms with Crippen molar-refractivity contribution in [1.82, 2.24) is 15.1 Å². The fraction of sp³-hybridized carbons (Fsp3) is 0.529. The molecule has 0 aliphatic carbocycles. The van der Waals surface area contributed by atoms with Gasteiger partial charge in [-0.15, -0.1) is 0 Å². The summed E-state index contributed by atoms with van der Waals surface area (Å²) in [6.07, 6.45) is 0.874. The highest BCUT2D eigenvalue weighted by atomic mass is 16.5. The topological polar surface area (TPSA) is 61.9 Å². The summed E-state index contributed by atoms with van der Waals surface area (Å²) < 4.78 is 5.18. The maximum atomic E-state index is 12.4. The predicted octanol–water partition coefficient (Wildman–Crippen LogP) is 0.518. The van der Waals surface area contributed by atoms with E-state index >= 15 is 0 Å². The Hall–Kier alpha value is -2.08. The Morgan fingerprint density at radius 2 is 1.78 bits per heavy atom. The highest BCUT2D eigenvalue weighted by molar-refractivity contribution is 5.80. The number of amides is 2. The highest BCUT2D eigenvalue weighted by Crippen LogP contribution is 2.14. The first-order chi connectivity index (χ1) is 11.1. The van der Waals surface area contributed by atoms with Crippen LogP contribution in [0.3, 0.4) is 0 Å². The fourth-order valence-corrected chi connectivity index (χ4v) is 2.66. The molecule has 1 aromatic carbocycles. The number of methoxy groups -OCH3 is 1. The molecule has 0 bridgehead atoms. The summed E-state index contributed by atoms with van der Waals surface area (Å²) in [6, 6.07) is 7.57. The molecule has 2 rings (SSSR count). The van der Waals surface area contributed by atoms with E-state index in [2.05, 4.69) is 5.32 Å². The Labute approximate surface area is 137 Å². The molecule has 6 nitrogen and oxygen atoms in total. The number of nitrogens with zero attached hydrogens (tertiary/aromatic N) is 2. The molecule has 1 aromatic rings. The first-order valence-corrected chi connectivity index (χ1v) is 7.97. The molecule has 1 fully saturated rings. The predicted molar refractivity (Wildman–Crippen MR) is 88.4 cm³/mol. The summed E-state index contributed by atoms with van der Waals surface area (Å²) >= 11 is 0. The van der Waals surface area contributed by atoms with E-state index in [1.807, 2.05) is 41.1 Å². The third kappa shape index (κ3) is 4.96. The number of rotatable bonds is 6. The van der Waals surface area contributed by atoms with Crippen LogP contribution in [0.2, 0.25) is 0 Å². The Bertz CT molecular complexity index is 540.